The number of hydrogen-bond acceptors (Lipinski definition) is 2. The number of hydrogen-bond donors (Lipinski definition) is 1. The zero-order valence-electron chi connectivity index (χ0n) is 13.0. The molecule has 0 saturated carbocycles. The van der Waals surface area contributed by atoms with E-state index in [1.807, 2.05) is 0 Å². The molecule has 18 heavy (non-hydrogen) atoms. The molecule has 104 valence electrons. The highest BCUT2D eigenvalue weighted by Crippen LogP contribution is 2.36. The highest BCUT2D eigenvalue weighted by Gasteiger charge is 2.30. The van der Waals surface area contributed by atoms with E-state index in [4.69, 9.17) is 0 Å². The first-order valence-corrected chi connectivity index (χ1v) is 6.91. The fourth-order valence-corrected chi connectivity index (χ4v) is 2.21. The fraction of sp³-hybridized carbons (Fsp3) is 0.800. The predicted octanol–water partition coefficient (Wildman–Crippen LogP) is 3.98. The summed E-state index contributed by atoms with van der Waals surface area (Å²) < 4.78 is 1.76. The lowest BCUT2D eigenvalue weighted by atomic mass is 9.85. The maximum Gasteiger partial charge on any atom is 0.213 e. The molecule has 0 spiro atoms. The summed E-state index contributed by atoms with van der Waals surface area (Å²) in [5.41, 5.74) is 1.80. The molecule has 0 aliphatic rings. The van der Waals surface area contributed by atoms with Crippen LogP contribution in [0.5, 0.6) is 5.88 Å². The fourth-order valence-electron chi connectivity index (χ4n) is 2.21. The number of aromatic nitrogens is 2. The van der Waals surface area contributed by atoms with E-state index in [1.54, 1.807) is 4.68 Å². The molecule has 3 heteroatoms. The quantitative estimate of drug-likeness (QED) is 0.883. The van der Waals surface area contributed by atoms with Crippen LogP contribution >= 0.6 is 0 Å². The van der Waals surface area contributed by atoms with Crippen molar-refractivity contribution in [2.45, 2.75) is 78.7 Å². The second-order valence-electron chi connectivity index (χ2n) is 7.08. The van der Waals surface area contributed by atoms with Crippen LogP contribution in [0.1, 0.15) is 72.6 Å². The monoisotopic (exact) mass is 252 g/mol. The summed E-state index contributed by atoms with van der Waals surface area (Å²) in [6.07, 6.45) is 3.20. The van der Waals surface area contributed by atoms with Gasteiger partial charge < -0.3 is 5.11 Å². The molecule has 0 fully saturated rings. The van der Waals surface area contributed by atoms with Crippen molar-refractivity contribution in [1.82, 2.24) is 9.78 Å². The molecule has 1 N–H and O–H groups in total. The van der Waals surface area contributed by atoms with Crippen molar-refractivity contribution in [3.8, 4) is 5.88 Å². The van der Waals surface area contributed by atoms with Crippen molar-refractivity contribution < 1.29 is 5.11 Å². The van der Waals surface area contributed by atoms with Crippen molar-refractivity contribution in [3.05, 3.63) is 11.3 Å². The lowest BCUT2D eigenvalue weighted by Gasteiger charge is -2.22. The van der Waals surface area contributed by atoms with Crippen LogP contribution in [-0.2, 0) is 17.4 Å². The van der Waals surface area contributed by atoms with Crippen molar-refractivity contribution in [2.24, 2.45) is 0 Å². The molecule has 0 aliphatic carbocycles. The Morgan fingerprint density at radius 1 is 1.11 bits per heavy atom. The van der Waals surface area contributed by atoms with Crippen LogP contribution in [0.15, 0.2) is 0 Å². The molecule has 0 atom stereocenters. The van der Waals surface area contributed by atoms with Crippen molar-refractivity contribution in [1.29, 1.82) is 0 Å². The first-order valence-electron chi connectivity index (χ1n) is 6.91. The van der Waals surface area contributed by atoms with Crippen LogP contribution in [0, 0.1) is 0 Å². The summed E-state index contributed by atoms with van der Waals surface area (Å²) in [7, 11) is 0. The van der Waals surface area contributed by atoms with Gasteiger partial charge in [-0.3, -0.25) is 0 Å². The Hall–Kier alpha value is -0.990. The zero-order valence-corrected chi connectivity index (χ0v) is 13.0. The van der Waals surface area contributed by atoms with Gasteiger partial charge in [0.15, 0.2) is 0 Å². The summed E-state index contributed by atoms with van der Waals surface area (Å²) in [4.78, 5) is 0. The molecule has 1 aromatic rings. The second-order valence-corrected chi connectivity index (χ2v) is 7.08. The van der Waals surface area contributed by atoms with E-state index in [-0.39, 0.29) is 11.0 Å². The third kappa shape index (κ3) is 3.06. The normalized spacial score (nSPS) is 13.1. The van der Waals surface area contributed by atoms with Gasteiger partial charge in [0, 0.05) is 5.56 Å². The molecule has 0 amide bonds. The molecule has 0 saturated heterocycles. The third-order valence-electron chi connectivity index (χ3n) is 3.09. The SMILES string of the molecule is CCCCc1nn(C(C)(C)C)c(O)c1C(C)(C)C. The van der Waals surface area contributed by atoms with Gasteiger partial charge in [-0.2, -0.15) is 5.10 Å². The Morgan fingerprint density at radius 3 is 2.06 bits per heavy atom. The highest BCUT2D eigenvalue weighted by molar-refractivity contribution is 5.37. The largest absolute Gasteiger partial charge is 0.493 e. The van der Waals surface area contributed by atoms with E-state index < -0.39 is 0 Å². The van der Waals surface area contributed by atoms with E-state index in [0.717, 1.165) is 30.5 Å². The number of nitrogens with zero attached hydrogens (tertiary/aromatic N) is 2. The Labute approximate surface area is 111 Å². The summed E-state index contributed by atoms with van der Waals surface area (Å²) in [6, 6.07) is 0. The summed E-state index contributed by atoms with van der Waals surface area (Å²) >= 11 is 0. The molecule has 0 aliphatic heterocycles. The van der Waals surface area contributed by atoms with Gasteiger partial charge in [0.2, 0.25) is 5.88 Å². The summed E-state index contributed by atoms with van der Waals surface area (Å²) in [5.74, 6) is 0.334. The average Bonchev–Trinajstić information content (AvgIpc) is 2.51. The lowest BCUT2D eigenvalue weighted by molar-refractivity contribution is 0.290. The van der Waals surface area contributed by atoms with E-state index in [9.17, 15) is 5.11 Å². The molecule has 1 rings (SSSR count). The van der Waals surface area contributed by atoms with Crippen LogP contribution < -0.4 is 0 Å². The summed E-state index contributed by atoms with van der Waals surface area (Å²) in [5, 5.41) is 15.1. The van der Waals surface area contributed by atoms with E-state index in [1.165, 1.54) is 0 Å². The minimum atomic E-state index is -0.186. The first-order chi connectivity index (χ1) is 8.09. The van der Waals surface area contributed by atoms with Gasteiger partial charge in [-0.1, -0.05) is 34.1 Å². The van der Waals surface area contributed by atoms with Gasteiger partial charge >= 0.3 is 0 Å². The standard InChI is InChI=1S/C15H28N2O/c1-8-9-10-11-12(14(2,3)4)13(18)17(16-11)15(5,6)7/h18H,8-10H2,1-7H3. The minimum Gasteiger partial charge on any atom is -0.493 e. The van der Waals surface area contributed by atoms with Gasteiger partial charge in [0.25, 0.3) is 0 Å². The molecule has 0 bridgehead atoms. The molecule has 0 aromatic carbocycles. The van der Waals surface area contributed by atoms with Crippen LogP contribution in [0.3, 0.4) is 0 Å². The van der Waals surface area contributed by atoms with Gasteiger partial charge in [-0.05, 0) is 39.0 Å². The Kier molecular flexibility index (Phi) is 4.14. The molecule has 3 nitrogen and oxygen atoms in total. The lowest BCUT2D eigenvalue weighted by Crippen LogP contribution is -2.23. The topological polar surface area (TPSA) is 38.0 Å². The van der Waals surface area contributed by atoms with Crippen LogP contribution in [-0.4, -0.2) is 14.9 Å². The number of aryl methyl sites for hydroxylation is 1. The highest BCUT2D eigenvalue weighted by atomic mass is 16.3. The molecular formula is C15H28N2O. The number of aromatic hydroxyl groups is 1. The minimum absolute atomic E-state index is 0.0728. The molecule has 0 unspecified atom stereocenters. The number of rotatable bonds is 3. The van der Waals surface area contributed by atoms with Gasteiger partial charge in [-0.25, -0.2) is 4.68 Å². The Balaban J connectivity index is 3.32. The van der Waals surface area contributed by atoms with E-state index in [0.29, 0.717) is 5.88 Å². The van der Waals surface area contributed by atoms with Crippen LogP contribution in [0.2, 0.25) is 0 Å². The third-order valence-corrected chi connectivity index (χ3v) is 3.09. The number of unbranched alkanes of at least 4 members (excludes halogenated alkanes) is 1. The second kappa shape index (κ2) is 4.94. The molecule has 1 aromatic heterocycles. The van der Waals surface area contributed by atoms with Crippen molar-refractivity contribution in [3.63, 3.8) is 0 Å². The van der Waals surface area contributed by atoms with Crippen molar-refractivity contribution >= 4 is 0 Å². The molecule has 0 radical (unpaired) electrons. The Bertz CT molecular complexity index is 405. The van der Waals surface area contributed by atoms with Crippen LogP contribution in [0.25, 0.3) is 0 Å². The van der Waals surface area contributed by atoms with Gasteiger partial charge in [0.1, 0.15) is 0 Å². The first kappa shape index (κ1) is 15.1. The maximum absolute atomic E-state index is 10.5. The molecular weight excluding hydrogens is 224 g/mol. The zero-order chi connectivity index (χ0) is 14.1. The van der Waals surface area contributed by atoms with E-state index >= 15 is 0 Å². The van der Waals surface area contributed by atoms with E-state index in [2.05, 4.69) is 53.6 Å². The van der Waals surface area contributed by atoms with Crippen LogP contribution in [0.4, 0.5) is 0 Å². The Morgan fingerprint density at radius 2 is 1.67 bits per heavy atom. The summed E-state index contributed by atoms with van der Waals surface area (Å²) in [6.45, 7) is 14.8. The van der Waals surface area contributed by atoms with Gasteiger partial charge in [-0.15, -0.1) is 0 Å². The maximum atomic E-state index is 10.5. The van der Waals surface area contributed by atoms with Gasteiger partial charge in [0.05, 0.1) is 11.2 Å². The average molecular weight is 252 g/mol. The smallest absolute Gasteiger partial charge is 0.213 e. The predicted molar refractivity (Wildman–Crippen MR) is 76.2 cm³/mol. The molecule has 1 heterocycles. The van der Waals surface area contributed by atoms with Crippen molar-refractivity contribution in [2.75, 3.05) is 0 Å².